The minimum Gasteiger partial charge on any atom is -0.369 e. The Morgan fingerprint density at radius 1 is 1.24 bits per heavy atom. The van der Waals surface area contributed by atoms with Crippen LogP contribution in [0.4, 0.5) is 5.69 Å². The SMILES string of the molecule is C[C@@H]1CCN(NS(=O)(=O)Cc2ccncc2)C[C@@H]1N(C)c1ccnc2[nH]ccc12. The molecule has 2 atom stereocenters. The molecule has 0 radical (unpaired) electrons. The number of anilines is 1. The number of rotatable bonds is 6. The molecule has 9 heteroatoms. The minimum absolute atomic E-state index is 0.0591. The van der Waals surface area contributed by atoms with Crippen LogP contribution >= 0.6 is 0 Å². The summed E-state index contributed by atoms with van der Waals surface area (Å²) in [5.41, 5.74) is 2.67. The third-order valence-electron chi connectivity index (χ3n) is 5.61. The molecule has 2 N–H and O–H groups in total. The summed E-state index contributed by atoms with van der Waals surface area (Å²) in [6.45, 7) is 3.53. The van der Waals surface area contributed by atoms with Gasteiger partial charge >= 0.3 is 0 Å². The van der Waals surface area contributed by atoms with Crippen molar-refractivity contribution in [3.05, 3.63) is 54.6 Å². The lowest BCUT2D eigenvalue weighted by Crippen LogP contribution is -2.56. The lowest BCUT2D eigenvalue weighted by atomic mass is 9.93. The van der Waals surface area contributed by atoms with E-state index in [0.29, 0.717) is 19.0 Å². The van der Waals surface area contributed by atoms with Gasteiger partial charge in [0, 0.05) is 62.0 Å². The van der Waals surface area contributed by atoms with Gasteiger partial charge < -0.3 is 9.88 Å². The summed E-state index contributed by atoms with van der Waals surface area (Å²) < 4.78 is 25.3. The first-order chi connectivity index (χ1) is 13.9. The fourth-order valence-corrected chi connectivity index (χ4v) is 5.25. The number of hydrazine groups is 1. The van der Waals surface area contributed by atoms with E-state index in [1.165, 1.54) is 0 Å². The van der Waals surface area contributed by atoms with E-state index in [-0.39, 0.29) is 11.8 Å². The van der Waals surface area contributed by atoms with Crippen molar-refractivity contribution in [3.8, 4) is 0 Å². The van der Waals surface area contributed by atoms with Gasteiger partial charge in [0.1, 0.15) is 5.65 Å². The zero-order valence-corrected chi connectivity index (χ0v) is 17.4. The molecule has 29 heavy (non-hydrogen) atoms. The van der Waals surface area contributed by atoms with Gasteiger partial charge in [-0.2, -0.15) is 0 Å². The lowest BCUT2D eigenvalue weighted by molar-refractivity contribution is 0.144. The second-order valence-corrected chi connectivity index (χ2v) is 9.37. The Morgan fingerprint density at radius 2 is 2.03 bits per heavy atom. The van der Waals surface area contributed by atoms with Crippen LogP contribution in [0.5, 0.6) is 0 Å². The van der Waals surface area contributed by atoms with Gasteiger partial charge in [-0.3, -0.25) is 4.98 Å². The first kappa shape index (κ1) is 19.8. The Bertz CT molecular complexity index is 1070. The Morgan fingerprint density at radius 3 is 2.83 bits per heavy atom. The molecule has 8 nitrogen and oxygen atoms in total. The molecule has 3 aromatic heterocycles. The van der Waals surface area contributed by atoms with E-state index in [1.807, 2.05) is 23.3 Å². The predicted molar refractivity (Wildman–Crippen MR) is 114 cm³/mol. The number of hydrogen-bond donors (Lipinski definition) is 2. The van der Waals surface area contributed by atoms with Crippen LogP contribution in [0.2, 0.25) is 0 Å². The monoisotopic (exact) mass is 414 g/mol. The van der Waals surface area contributed by atoms with Crippen LogP contribution in [0.1, 0.15) is 18.9 Å². The number of H-pyrrole nitrogens is 1. The first-order valence-electron chi connectivity index (χ1n) is 9.72. The molecular weight excluding hydrogens is 388 g/mol. The van der Waals surface area contributed by atoms with Crippen LogP contribution < -0.4 is 9.73 Å². The number of pyridine rings is 2. The molecule has 1 aliphatic rings. The summed E-state index contributed by atoms with van der Waals surface area (Å²) in [4.78, 5) is 16.5. The number of sulfonamides is 1. The number of hydrogen-bond acceptors (Lipinski definition) is 6. The van der Waals surface area contributed by atoms with Gasteiger partial charge in [-0.25, -0.2) is 18.4 Å². The van der Waals surface area contributed by atoms with Gasteiger partial charge in [-0.15, -0.1) is 4.83 Å². The molecule has 1 saturated heterocycles. The van der Waals surface area contributed by atoms with Crippen molar-refractivity contribution in [2.45, 2.75) is 25.1 Å². The second-order valence-electron chi connectivity index (χ2n) is 7.67. The van der Waals surface area contributed by atoms with E-state index in [4.69, 9.17) is 0 Å². The summed E-state index contributed by atoms with van der Waals surface area (Å²) in [5, 5.41) is 2.89. The van der Waals surface area contributed by atoms with Crippen LogP contribution in [0.25, 0.3) is 11.0 Å². The third-order valence-corrected chi connectivity index (χ3v) is 6.86. The van der Waals surface area contributed by atoms with Crippen molar-refractivity contribution >= 4 is 26.7 Å². The molecule has 0 spiro atoms. The molecule has 0 unspecified atom stereocenters. The maximum absolute atomic E-state index is 12.6. The van der Waals surface area contributed by atoms with Gasteiger partial charge in [0.25, 0.3) is 0 Å². The molecule has 0 saturated carbocycles. The van der Waals surface area contributed by atoms with E-state index < -0.39 is 10.0 Å². The summed E-state index contributed by atoms with van der Waals surface area (Å²) in [6.07, 6.45) is 7.81. The quantitative estimate of drug-likeness (QED) is 0.642. The number of aromatic nitrogens is 3. The van der Waals surface area contributed by atoms with Crippen LogP contribution in [0, 0.1) is 5.92 Å². The minimum atomic E-state index is -3.48. The number of nitrogens with zero attached hydrogens (tertiary/aromatic N) is 4. The van der Waals surface area contributed by atoms with Crippen molar-refractivity contribution in [2.24, 2.45) is 5.92 Å². The third kappa shape index (κ3) is 4.42. The summed E-state index contributed by atoms with van der Waals surface area (Å²) in [7, 11) is -1.41. The van der Waals surface area contributed by atoms with Gasteiger partial charge in [-0.1, -0.05) is 6.92 Å². The fourth-order valence-electron chi connectivity index (χ4n) is 4.00. The maximum atomic E-state index is 12.6. The van der Waals surface area contributed by atoms with Gasteiger partial charge in [0.2, 0.25) is 10.0 Å². The van der Waals surface area contributed by atoms with Gasteiger partial charge in [0.15, 0.2) is 0 Å². The van der Waals surface area contributed by atoms with Crippen LogP contribution in [0.3, 0.4) is 0 Å². The zero-order valence-electron chi connectivity index (χ0n) is 16.6. The predicted octanol–water partition coefficient (Wildman–Crippen LogP) is 2.14. The van der Waals surface area contributed by atoms with Crippen LogP contribution in [-0.2, 0) is 15.8 Å². The highest BCUT2D eigenvalue weighted by atomic mass is 32.2. The summed E-state index contributed by atoms with van der Waals surface area (Å²) >= 11 is 0. The molecule has 4 heterocycles. The average molecular weight is 415 g/mol. The smallest absolute Gasteiger partial charge is 0.228 e. The van der Waals surface area contributed by atoms with Gasteiger partial charge in [0.05, 0.1) is 5.75 Å². The number of fused-ring (bicyclic) bond motifs is 1. The highest BCUT2D eigenvalue weighted by Gasteiger charge is 2.32. The molecular formula is C20H26N6O2S. The molecule has 4 rings (SSSR count). The average Bonchev–Trinajstić information content (AvgIpc) is 3.18. The Kier molecular flexibility index (Phi) is 5.53. The first-order valence-corrected chi connectivity index (χ1v) is 11.4. The Balaban J connectivity index is 1.48. The highest BCUT2D eigenvalue weighted by Crippen LogP contribution is 2.30. The summed E-state index contributed by atoms with van der Waals surface area (Å²) in [6, 6.07) is 7.65. The normalized spacial score (nSPS) is 20.8. The van der Waals surface area contributed by atoms with Crippen molar-refractivity contribution in [1.82, 2.24) is 24.8 Å². The van der Waals surface area contributed by atoms with E-state index in [9.17, 15) is 8.42 Å². The molecule has 0 aliphatic carbocycles. The largest absolute Gasteiger partial charge is 0.369 e. The maximum Gasteiger partial charge on any atom is 0.228 e. The van der Waals surface area contributed by atoms with E-state index in [0.717, 1.165) is 28.7 Å². The van der Waals surface area contributed by atoms with Crippen molar-refractivity contribution in [2.75, 3.05) is 25.0 Å². The standard InChI is InChI=1S/C20H26N6O2S/c1-15-7-12-26(24-29(27,28)14-16-3-8-21-9-4-16)13-19(15)25(2)18-6-11-23-20-17(18)5-10-22-20/h3-6,8-11,15,19,24H,7,12-14H2,1-2H3,(H,22,23)/t15-,19+/m1/s1. The molecule has 0 bridgehead atoms. The lowest BCUT2D eigenvalue weighted by Gasteiger charge is -2.42. The van der Waals surface area contributed by atoms with Crippen LogP contribution in [-0.4, -0.2) is 54.6 Å². The molecule has 0 amide bonds. The Labute approximate surface area is 171 Å². The number of likely N-dealkylation sites (N-methyl/N-ethyl adjacent to an activating group) is 1. The fraction of sp³-hybridized carbons (Fsp3) is 0.400. The molecule has 1 fully saturated rings. The Hall–Kier alpha value is -2.49. The van der Waals surface area contributed by atoms with E-state index in [2.05, 4.69) is 38.7 Å². The number of aromatic amines is 1. The van der Waals surface area contributed by atoms with E-state index in [1.54, 1.807) is 30.7 Å². The molecule has 1 aliphatic heterocycles. The highest BCUT2D eigenvalue weighted by molar-refractivity contribution is 7.88. The zero-order chi connectivity index (χ0) is 20.4. The topological polar surface area (TPSA) is 94.2 Å². The van der Waals surface area contributed by atoms with Crippen molar-refractivity contribution in [3.63, 3.8) is 0 Å². The number of piperidine rings is 1. The molecule has 0 aromatic carbocycles. The van der Waals surface area contributed by atoms with Crippen molar-refractivity contribution < 1.29 is 8.42 Å². The molecule has 154 valence electrons. The summed E-state index contributed by atoms with van der Waals surface area (Å²) in [5.74, 6) is 0.374. The van der Waals surface area contributed by atoms with Crippen molar-refractivity contribution in [1.29, 1.82) is 0 Å². The van der Waals surface area contributed by atoms with E-state index >= 15 is 0 Å². The number of nitrogens with one attached hydrogen (secondary N) is 2. The second kappa shape index (κ2) is 8.10. The molecule has 3 aromatic rings. The van der Waals surface area contributed by atoms with Crippen LogP contribution in [0.15, 0.2) is 49.1 Å². The van der Waals surface area contributed by atoms with Gasteiger partial charge in [-0.05, 0) is 42.2 Å².